The number of ether oxygens (including phenoxy) is 4. The molecule has 3 aromatic rings. The third-order valence-electron chi connectivity index (χ3n) is 4.08. The lowest BCUT2D eigenvalue weighted by atomic mass is 10.0. The van der Waals surface area contributed by atoms with Crippen LogP contribution in [-0.4, -0.2) is 44.0 Å². The minimum Gasteiger partial charge on any atom is -0.497 e. The van der Waals surface area contributed by atoms with Crippen LogP contribution in [0.2, 0.25) is 0 Å². The van der Waals surface area contributed by atoms with E-state index in [4.69, 9.17) is 24.1 Å². The molecule has 2 aromatic carbocycles. The maximum atomic E-state index is 11.1. The smallest absolute Gasteiger partial charge is 0.341 e. The molecule has 140 valence electrons. The molecule has 0 radical (unpaired) electrons. The third kappa shape index (κ3) is 3.57. The molecule has 3 rings (SSSR count). The third-order valence-corrected chi connectivity index (χ3v) is 4.08. The first-order chi connectivity index (χ1) is 13.1. The Morgan fingerprint density at radius 2 is 1.63 bits per heavy atom. The van der Waals surface area contributed by atoms with Crippen LogP contribution in [0.1, 0.15) is 0 Å². The number of pyridine rings is 1. The molecule has 0 saturated heterocycles. The van der Waals surface area contributed by atoms with Crippen molar-refractivity contribution >= 4 is 16.9 Å². The molecule has 0 aliphatic heterocycles. The normalized spacial score (nSPS) is 10.5. The van der Waals surface area contributed by atoms with Crippen LogP contribution in [0.25, 0.3) is 22.0 Å². The van der Waals surface area contributed by atoms with Gasteiger partial charge in [-0.1, -0.05) is 12.1 Å². The van der Waals surface area contributed by atoms with E-state index in [0.29, 0.717) is 39.5 Å². The first kappa shape index (κ1) is 18.3. The first-order valence-corrected chi connectivity index (χ1v) is 8.11. The Bertz CT molecular complexity index is 968. The fourth-order valence-corrected chi connectivity index (χ4v) is 2.82. The molecule has 0 atom stereocenters. The van der Waals surface area contributed by atoms with Crippen molar-refractivity contribution in [2.24, 2.45) is 0 Å². The average Bonchev–Trinajstić information content (AvgIpc) is 2.70. The fourth-order valence-electron chi connectivity index (χ4n) is 2.82. The van der Waals surface area contributed by atoms with Gasteiger partial charge in [-0.25, -0.2) is 4.79 Å². The standard InChI is InChI=1S/C20H19NO6/c1-24-13-6-4-12(5-7-13)14-10-21-19-16(26-3)9-8-15(25-2)18(19)20(14)27-11-17(22)23/h4-10H,11H2,1-3H3,(H,22,23). The zero-order valence-electron chi connectivity index (χ0n) is 15.2. The number of carbonyl (C=O) groups is 1. The van der Waals surface area contributed by atoms with Crippen molar-refractivity contribution < 1.29 is 28.8 Å². The zero-order chi connectivity index (χ0) is 19.4. The van der Waals surface area contributed by atoms with Crippen molar-refractivity contribution in [3.8, 4) is 34.1 Å². The molecule has 0 fully saturated rings. The Balaban J connectivity index is 2.28. The second kappa shape index (κ2) is 7.82. The van der Waals surface area contributed by atoms with Crippen molar-refractivity contribution in [2.75, 3.05) is 27.9 Å². The van der Waals surface area contributed by atoms with Crippen molar-refractivity contribution in [3.63, 3.8) is 0 Å². The zero-order valence-corrected chi connectivity index (χ0v) is 15.2. The molecular formula is C20H19NO6. The van der Waals surface area contributed by atoms with E-state index < -0.39 is 12.6 Å². The van der Waals surface area contributed by atoms with Gasteiger partial charge < -0.3 is 24.1 Å². The van der Waals surface area contributed by atoms with Crippen LogP contribution in [0.3, 0.4) is 0 Å². The summed E-state index contributed by atoms with van der Waals surface area (Å²) >= 11 is 0. The Morgan fingerprint density at radius 3 is 2.22 bits per heavy atom. The Morgan fingerprint density at radius 1 is 0.963 bits per heavy atom. The number of hydrogen-bond acceptors (Lipinski definition) is 6. The van der Waals surface area contributed by atoms with Gasteiger partial charge in [0, 0.05) is 11.8 Å². The van der Waals surface area contributed by atoms with Gasteiger partial charge in [-0.05, 0) is 29.8 Å². The minimum atomic E-state index is -1.08. The van der Waals surface area contributed by atoms with Gasteiger partial charge in [-0.15, -0.1) is 0 Å². The highest BCUT2D eigenvalue weighted by Crippen LogP contribution is 2.43. The Kier molecular flexibility index (Phi) is 5.30. The number of benzene rings is 2. The van der Waals surface area contributed by atoms with Crippen molar-refractivity contribution in [1.82, 2.24) is 4.98 Å². The lowest BCUT2D eigenvalue weighted by Gasteiger charge is -2.17. The van der Waals surface area contributed by atoms with Crippen LogP contribution in [0.5, 0.6) is 23.0 Å². The number of carboxylic acid groups (broad SMARTS) is 1. The highest BCUT2D eigenvalue weighted by molar-refractivity contribution is 5.99. The summed E-state index contributed by atoms with van der Waals surface area (Å²) in [5.74, 6) is 1.03. The molecule has 7 nitrogen and oxygen atoms in total. The number of carboxylic acids is 1. The highest BCUT2D eigenvalue weighted by Gasteiger charge is 2.20. The molecule has 27 heavy (non-hydrogen) atoms. The SMILES string of the molecule is COc1ccc(-c2cnc3c(OC)ccc(OC)c3c2OCC(=O)O)cc1. The Labute approximate surface area is 156 Å². The monoisotopic (exact) mass is 369 g/mol. The summed E-state index contributed by atoms with van der Waals surface area (Å²) in [6.45, 7) is -0.497. The van der Waals surface area contributed by atoms with Gasteiger partial charge in [-0.3, -0.25) is 4.98 Å². The van der Waals surface area contributed by atoms with E-state index in [1.807, 2.05) is 24.3 Å². The highest BCUT2D eigenvalue weighted by atomic mass is 16.5. The number of aromatic nitrogens is 1. The number of aliphatic carboxylic acids is 1. The molecule has 0 aliphatic carbocycles. The predicted molar refractivity (Wildman–Crippen MR) is 100.0 cm³/mol. The van der Waals surface area contributed by atoms with Crippen LogP contribution in [-0.2, 0) is 4.79 Å². The van der Waals surface area contributed by atoms with E-state index in [2.05, 4.69) is 4.98 Å². The van der Waals surface area contributed by atoms with Crippen LogP contribution < -0.4 is 18.9 Å². The van der Waals surface area contributed by atoms with E-state index in [1.165, 1.54) is 14.2 Å². The van der Waals surface area contributed by atoms with Gasteiger partial charge in [0.1, 0.15) is 28.5 Å². The first-order valence-electron chi connectivity index (χ1n) is 8.11. The molecule has 0 aliphatic rings. The van der Waals surface area contributed by atoms with E-state index >= 15 is 0 Å². The summed E-state index contributed by atoms with van der Waals surface area (Å²) in [6.07, 6.45) is 1.63. The molecule has 0 spiro atoms. The maximum Gasteiger partial charge on any atom is 0.341 e. The fraction of sp³-hybridized carbons (Fsp3) is 0.200. The number of methoxy groups -OCH3 is 3. The largest absolute Gasteiger partial charge is 0.497 e. The molecular weight excluding hydrogens is 350 g/mol. The van der Waals surface area contributed by atoms with E-state index in [1.54, 1.807) is 25.4 Å². The molecule has 0 bridgehead atoms. The van der Waals surface area contributed by atoms with Crippen molar-refractivity contribution in [1.29, 1.82) is 0 Å². The summed E-state index contributed by atoms with van der Waals surface area (Å²) in [5, 5.41) is 9.64. The molecule has 0 amide bonds. The summed E-state index contributed by atoms with van der Waals surface area (Å²) in [4.78, 5) is 15.6. The van der Waals surface area contributed by atoms with Gasteiger partial charge in [0.2, 0.25) is 0 Å². The molecule has 1 heterocycles. The summed E-state index contributed by atoms with van der Waals surface area (Å²) in [6, 6.07) is 10.8. The maximum absolute atomic E-state index is 11.1. The van der Waals surface area contributed by atoms with Crippen molar-refractivity contribution in [2.45, 2.75) is 0 Å². The average molecular weight is 369 g/mol. The van der Waals surface area contributed by atoms with Gasteiger partial charge in [0.25, 0.3) is 0 Å². The number of hydrogen-bond donors (Lipinski definition) is 1. The van der Waals surface area contributed by atoms with Gasteiger partial charge in [-0.2, -0.15) is 0 Å². The summed E-state index contributed by atoms with van der Waals surface area (Å²) in [7, 11) is 4.66. The van der Waals surface area contributed by atoms with Gasteiger partial charge in [0.05, 0.1) is 26.7 Å². The minimum absolute atomic E-state index is 0.364. The summed E-state index contributed by atoms with van der Waals surface area (Å²) < 4.78 is 21.7. The number of nitrogens with zero attached hydrogens (tertiary/aromatic N) is 1. The van der Waals surface area contributed by atoms with E-state index in [0.717, 1.165) is 5.56 Å². The van der Waals surface area contributed by atoms with Crippen LogP contribution in [0.4, 0.5) is 0 Å². The van der Waals surface area contributed by atoms with Crippen LogP contribution >= 0.6 is 0 Å². The molecule has 0 unspecified atom stereocenters. The second-order valence-corrected chi connectivity index (χ2v) is 5.61. The Hall–Kier alpha value is -3.48. The second-order valence-electron chi connectivity index (χ2n) is 5.61. The van der Waals surface area contributed by atoms with Crippen molar-refractivity contribution in [3.05, 3.63) is 42.6 Å². The molecule has 1 aromatic heterocycles. The van der Waals surface area contributed by atoms with E-state index in [9.17, 15) is 4.79 Å². The molecule has 0 saturated carbocycles. The number of fused-ring (bicyclic) bond motifs is 1. The van der Waals surface area contributed by atoms with Crippen LogP contribution in [0.15, 0.2) is 42.6 Å². The lowest BCUT2D eigenvalue weighted by Crippen LogP contribution is -2.11. The van der Waals surface area contributed by atoms with Gasteiger partial charge >= 0.3 is 5.97 Å². The summed E-state index contributed by atoms with van der Waals surface area (Å²) in [5.41, 5.74) is 1.96. The quantitative estimate of drug-likeness (QED) is 0.683. The molecule has 1 N–H and O–H groups in total. The van der Waals surface area contributed by atoms with E-state index in [-0.39, 0.29) is 0 Å². The predicted octanol–water partition coefficient (Wildman–Crippen LogP) is 3.39. The van der Waals surface area contributed by atoms with Gasteiger partial charge in [0.15, 0.2) is 6.61 Å². The topological polar surface area (TPSA) is 87.1 Å². The number of rotatable bonds is 7. The molecule has 7 heteroatoms. The lowest BCUT2D eigenvalue weighted by molar-refractivity contribution is -0.139. The van der Waals surface area contributed by atoms with Crippen LogP contribution in [0, 0.1) is 0 Å².